The van der Waals surface area contributed by atoms with Gasteiger partial charge in [0, 0.05) is 15.2 Å². The van der Waals surface area contributed by atoms with E-state index in [-0.39, 0.29) is 0 Å². The number of benzene rings is 3. The van der Waals surface area contributed by atoms with Gasteiger partial charge in [-0.3, -0.25) is 0 Å². The fourth-order valence-electron chi connectivity index (χ4n) is 3.70. The summed E-state index contributed by atoms with van der Waals surface area (Å²) < 4.78 is 7.06. The van der Waals surface area contributed by atoms with Crippen LogP contribution in [-0.4, -0.2) is 0 Å². The molecule has 0 saturated heterocycles. The number of halogens is 1. The highest BCUT2D eigenvalue weighted by Gasteiger charge is 2.11. The first-order valence-electron chi connectivity index (χ1n) is 8.87. The highest BCUT2D eigenvalue weighted by Crippen LogP contribution is 2.37. The highest BCUT2D eigenvalue weighted by molar-refractivity contribution is 9.10. The van der Waals surface area contributed by atoms with E-state index in [0.717, 1.165) is 39.3 Å². The predicted octanol–water partition coefficient (Wildman–Crippen LogP) is 7.75. The lowest BCUT2D eigenvalue weighted by Gasteiger charge is -2.11. The van der Waals surface area contributed by atoms with Gasteiger partial charge in [0.05, 0.1) is 0 Å². The van der Waals surface area contributed by atoms with Gasteiger partial charge in [0.1, 0.15) is 11.2 Å². The van der Waals surface area contributed by atoms with Gasteiger partial charge < -0.3 is 4.42 Å². The lowest BCUT2D eigenvalue weighted by atomic mass is 9.94. The van der Waals surface area contributed by atoms with Crippen LogP contribution in [0.1, 0.15) is 18.4 Å². The van der Waals surface area contributed by atoms with Crippen LogP contribution in [0.4, 0.5) is 0 Å². The van der Waals surface area contributed by atoms with Crippen LogP contribution in [0.3, 0.4) is 0 Å². The molecule has 0 unspecified atom stereocenters. The van der Waals surface area contributed by atoms with Crippen molar-refractivity contribution in [2.24, 2.45) is 0 Å². The molecule has 0 amide bonds. The van der Waals surface area contributed by atoms with Gasteiger partial charge in [0.15, 0.2) is 0 Å². The van der Waals surface area contributed by atoms with E-state index in [1.54, 1.807) is 0 Å². The zero-order chi connectivity index (χ0) is 17.5. The minimum atomic E-state index is 0.916. The minimum absolute atomic E-state index is 0.916. The van der Waals surface area contributed by atoms with Crippen molar-refractivity contribution in [3.8, 4) is 11.1 Å². The molecule has 5 rings (SSSR count). The van der Waals surface area contributed by atoms with Crippen molar-refractivity contribution in [3.05, 3.63) is 88.9 Å². The summed E-state index contributed by atoms with van der Waals surface area (Å²) in [5, 5.41) is 2.29. The fraction of sp³-hybridized carbons (Fsp3) is 0.0833. The van der Waals surface area contributed by atoms with Crippen molar-refractivity contribution in [1.82, 2.24) is 0 Å². The Labute approximate surface area is 160 Å². The van der Waals surface area contributed by atoms with Gasteiger partial charge in [-0.05, 0) is 65.4 Å². The van der Waals surface area contributed by atoms with Crippen LogP contribution >= 0.6 is 15.9 Å². The SMILES string of the molecule is Brc1cccc2oc3ccc(-c4cccc(C5=CC=CCC5)c4)cc3c12. The van der Waals surface area contributed by atoms with Crippen molar-refractivity contribution in [1.29, 1.82) is 0 Å². The molecule has 3 aromatic carbocycles. The van der Waals surface area contributed by atoms with Crippen LogP contribution < -0.4 is 0 Å². The lowest BCUT2D eigenvalue weighted by molar-refractivity contribution is 0.669. The van der Waals surface area contributed by atoms with Gasteiger partial charge in [-0.1, -0.05) is 64.5 Å². The van der Waals surface area contributed by atoms with E-state index < -0.39 is 0 Å². The van der Waals surface area contributed by atoms with Crippen LogP contribution in [-0.2, 0) is 0 Å². The van der Waals surface area contributed by atoms with Crippen molar-refractivity contribution in [2.75, 3.05) is 0 Å². The van der Waals surface area contributed by atoms with E-state index in [2.05, 4.69) is 82.7 Å². The van der Waals surface area contributed by atoms with Gasteiger partial charge in [-0.25, -0.2) is 0 Å². The topological polar surface area (TPSA) is 13.1 Å². The maximum atomic E-state index is 6.00. The molecule has 0 aliphatic heterocycles. The van der Waals surface area contributed by atoms with Crippen LogP contribution in [0.2, 0.25) is 0 Å². The molecule has 0 saturated carbocycles. The summed E-state index contributed by atoms with van der Waals surface area (Å²) in [6.45, 7) is 0. The summed E-state index contributed by atoms with van der Waals surface area (Å²) in [5.41, 5.74) is 7.01. The van der Waals surface area contributed by atoms with E-state index >= 15 is 0 Å². The Morgan fingerprint density at radius 3 is 2.54 bits per heavy atom. The Morgan fingerprint density at radius 2 is 1.65 bits per heavy atom. The molecular formula is C24H17BrO. The van der Waals surface area contributed by atoms with Crippen LogP contribution in [0, 0.1) is 0 Å². The van der Waals surface area contributed by atoms with Gasteiger partial charge in [0.2, 0.25) is 0 Å². The molecule has 0 atom stereocenters. The summed E-state index contributed by atoms with van der Waals surface area (Å²) >= 11 is 3.67. The molecule has 126 valence electrons. The summed E-state index contributed by atoms with van der Waals surface area (Å²) in [6.07, 6.45) is 8.84. The molecular weight excluding hydrogens is 384 g/mol. The molecule has 4 aromatic rings. The molecule has 0 bridgehead atoms. The Hall–Kier alpha value is -2.58. The molecule has 1 aliphatic carbocycles. The molecule has 0 fully saturated rings. The molecule has 0 radical (unpaired) electrons. The number of rotatable bonds is 2. The highest BCUT2D eigenvalue weighted by atomic mass is 79.9. The molecule has 1 nitrogen and oxygen atoms in total. The monoisotopic (exact) mass is 400 g/mol. The Balaban J connectivity index is 1.66. The zero-order valence-electron chi connectivity index (χ0n) is 14.2. The first-order chi connectivity index (χ1) is 12.8. The second kappa shape index (κ2) is 6.30. The summed E-state index contributed by atoms with van der Waals surface area (Å²) in [5.74, 6) is 0. The molecule has 0 N–H and O–H groups in total. The molecule has 26 heavy (non-hydrogen) atoms. The van der Waals surface area contributed by atoms with Gasteiger partial charge >= 0.3 is 0 Å². The number of fused-ring (bicyclic) bond motifs is 3. The maximum Gasteiger partial charge on any atom is 0.136 e. The third kappa shape index (κ3) is 2.62. The third-order valence-electron chi connectivity index (χ3n) is 5.02. The first kappa shape index (κ1) is 15.7. The Morgan fingerprint density at radius 1 is 0.808 bits per heavy atom. The largest absolute Gasteiger partial charge is 0.456 e. The van der Waals surface area contributed by atoms with Gasteiger partial charge in [0.25, 0.3) is 0 Å². The lowest BCUT2D eigenvalue weighted by Crippen LogP contribution is -1.89. The Kier molecular flexibility index (Phi) is 3.79. The summed E-state index contributed by atoms with van der Waals surface area (Å²) in [6, 6.07) is 21.4. The predicted molar refractivity (Wildman–Crippen MR) is 113 cm³/mol. The standard InChI is InChI=1S/C24H17BrO/c25-21-10-5-11-23-24(21)20-15-19(12-13-22(20)26-23)18-9-4-8-17(14-18)16-6-2-1-3-7-16/h1-2,4-6,8-15H,3,7H2. The first-order valence-corrected chi connectivity index (χ1v) is 9.66. The summed E-state index contributed by atoms with van der Waals surface area (Å²) in [7, 11) is 0. The average molecular weight is 401 g/mol. The molecule has 1 aromatic heterocycles. The van der Waals surface area contributed by atoms with Crippen LogP contribution in [0.5, 0.6) is 0 Å². The van der Waals surface area contributed by atoms with Crippen molar-refractivity contribution in [2.45, 2.75) is 12.8 Å². The van der Waals surface area contributed by atoms with Gasteiger partial charge in [-0.2, -0.15) is 0 Å². The molecule has 1 heterocycles. The van der Waals surface area contributed by atoms with Crippen molar-refractivity contribution in [3.63, 3.8) is 0 Å². The van der Waals surface area contributed by atoms with Crippen LogP contribution in [0.15, 0.2) is 87.8 Å². The smallest absolute Gasteiger partial charge is 0.136 e. The number of hydrogen-bond donors (Lipinski definition) is 0. The number of hydrogen-bond acceptors (Lipinski definition) is 1. The maximum absolute atomic E-state index is 6.00. The second-order valence-corrected chi connectivity index (χ2v) is 7.52. The normalized spacial score (nSPS) is 14.1. The number of allylic oxidation sites excluding steroid dienone is 4. The summed E-state index contributed by atoms with van der Waals surface area (Å²) in [4.78, 5) is 0. The Bertz CT molecular complexity index is 1190. The second-order valence-electron chi connectivity index (χ2n) is 6.67. The number of furan rings is 1. The zero-order valence-corrected chi connectivity index (χ0v) is 15.8. The van der Waals surface area contributed by atoms with Gasteiger partial charge in [-0.15, -0.1) is 0 Å². The molecule has 0 spiro atoms. The van der Waals surface area contributed by atoms with Crippen LogP contribution in [0.25, 0.3) is 38.6 Å². The van der Waals surface area contributed by atoms with E-state index in [1.165, 1.54) is 22.3 Å². The van der Waals surface area contributed by atoms with E-state index in [4.69, 9.17) is 4.42 Å². The fourth-order valence-corrected chi connectivity index (χ4v) is 4.27. The average Bonchev–Trinajstić information content (AvgIpc) is 3.08. The van der Waals surface area contributed by atoms with Crippen molar-refractivity contribution < 1.29 is 4.42 Å². The minimum Gasteiger partial charge on any atom is -0.456 e. The van der Waals surface area contributed by atoms with E-state index in [1.807, 2.05) is 12.1 Å². The third-order valence-corrected chi connectivity index (χ3v) is 5.69. The van der Waals surface area contributed by atoms with Crippen molar-refractivity contribution >= 4 is 43.4 Å². The molecule has 2 heteroatoms. The quantitative estimate of drug-likeness (QED) is 0.335. The van der Waals surface area contributed by atoms with E-state index in [0.29, 0.717) is 0 Å². The van der Waals surface area contributed by atoms with E-state index in [9.17, 15) is 0 Å². The molecule has 1 aliphatic rings.